The molecule has 10 rings (SSSR count). The molecule has 4 nitrogen and oxygen atoms in total. The lowest BCUT2D eigenvalue weighted by Crippen LogP contribution is -1.89. The van der Waals surface area contributed by atoms with Crippen LogP contribution in [0.1, 0.15) is 22.8 Å². The maximum Gasteiger partial charge on any atom is 0.0737 e. The molecule has 5 heterocycles. The normalized spacial score (nSPS) is 12.1. The van der Waals surface area contributed by atoms with Crippen LogP contribution in [-0.2, 0) is 0 Å². The highest BCUT2D eigenvalue weighted by Gasteiger charge is 2.20. The molecule has 0 amide bonds. The highest BCUT2D eigenvalue weighted by molar-refractivity contribution is 6.16. The fourth-order valence-corrected chi connectivity index (χ4v) is 7.68. The molecule has 52 heavy (non-hydrogen) atoms. The lowest BCUT2D eigenvalue weighted by molar-refractivity contribution is 1.31. The first kappa shape index (κ1) is 29.8. The number of hydrogen-bond donors (Lipinski definition) is 2. The van der Waals surface area contributed by atoms with Gasteiger partial charge in [-0.2, -0.15) is 0 Å². The molecule has 0 aliphatic carbocycles. The summed E-state index contributed by atoms with van der Waals surface area (Å²) in [4.78, 5) is 18.7. The minimum Gasteiger partial charge on any atom is -0.354 e. The van der Waals surface area contributed by atoms with Crippen LogP contribution in [0.5, 0.6) is 0 Å². The summed E-state index contributed by atoms with van der Waals surface area (Å²) in [5.74, 6) is 0. The van der Waals surface area contributed by atoms with Gasteiger partial charge in [0.2, 0.25) is 0 Å². The molecule has 0 atom stereocenters. The molecule has 2 aliphatic heterocycles. The number of fused-ring (bicyclic) bond motifs is 11. The van der Waals surface area contributed by atoms with Gasteiger partial charge in [-0.25, -0.2) is 9.97 Å². The van der Waals surface area contributed by atoms with Crippen molar-refractivity contribution in [1.82, 2.24) is 19.9 Å². The summed E-state index contributed by atoms with van der Waals surface area (Å²) in [6, 6.07) is 55.2. The van der Waals surface area contributed by atoms with Crippen molar-refractivity contribution in [3.8, 4) is 44.5 Å². The van der Waals surface area contributed by atoms with E-state index >= 15 is 0 Å². The van der Waals surface area contributed by atoms with Gasteiger partial charge in [0, 0.05) is 44.1 Å². The molecule has 0 saturated heterocycles. The van der Waals surface area contributed by atoms with E-state index in [1.807, 2.05) is 0 Å². The van der Waals surface area contributed by atoms with Gasteiger partial charge in [-0.1, -0.05) is 146 Å². The van der Waals surface area contributed by atoms with Gasteiger partial charge in [-0.3, -0.25) is 0 Å². The van der Waals surface area contributed by atoms with Crippen LogP contribution in [0.2, 0.25) is 0 Å². The monoisotopic (exact) mass is 664 g/mol. The number of aromatic nitrogens is 4. The Balaban J connectivity index is 1.47. The third-order valence-corrected chi connectivity index (χ3v) is 9.99. The zero-order valence-corrected chi connectivity index (χ0v) is 28.2. The number of aromatic amines is 2. The summed E-state index contributed by atoms with van der Waals surface area (Å²) < 4.78 is 0. The van der Waals surface area contributed by atoms with E-state index in [1.165, 1.54) is 0 Å². The molecular weight excluding hydrogens is 633 g/mol. The highest BCUT2D eigenvalue weighted by Crippen LogP contribution is 2.41. The molecule has 8 aromatic rings. The fraction of sp³-hybridized carbons (Fsp3) is 0. The zero-order chi connectivity index (χ0) is 34.4. The minimum absolute atomic E-state index is 0.901. The van der Waals surface area contributed by atoms with Crippen LogP contribution in [0.15, 0.2) is 158 Å². The van der Waals surface area contributed by atoms with E-state index in [2.05, 4.69) is 192 Å². The Morgan fingerprint density at radius 3 is 0.962 bits per heavy atom. The minimum atomic E-state index is 0.901. The topological polar surface area (TPSA) is 57.4 Å². The lowest BCUT2D eigenvalue weighted by atomic mass is 10.0. The van der Waals surface area contributed by atoms with Gasteiger partial charge >= 0.3 is 0 Å². The van der Waals surface area contributed by atoms with Gasteiger partial charge in [-0.05, 0) is 58.7 Å². The molecule has 2 aliphatic rings. The van der Waals surface area contributed by atoms with Crippen molar-refractivity contribution in [2.45, 2.75) is 0 Å². The second-order valence-electron chi connectivity index (χ2n) is 13.1. The predicted molar refractivity (Wildman–Crippen MR) is 218 cm³/mol. The van der Waals surface area contributed by atoms with Crippen LogP contribution in [0, 0.1) is 0 Å². The maximum atomic E-state index is 5.46. The van der Waals surface area contributed by atoms with Crippen molar-refractivity contribution in [2.24, 2.45) is 0 Å². The Bertz CT molecular complexity index is 2670. The molecule has 2 N–H and O–H groups in total. The maximum absolute atomic E-state index is 5.46. The van der Waals surface area contributed by atoms with Crippen LogP contribution in [0.3, 0.4) is 0 Å². The molecule has 8 bridgehead atoms. The van der Waals surface area contributed by atoms with Crippen LogP contribution < -0.4 is 0 Å². The fourth-order valence-electron chi connectivity index (χ4n) is 7.68. The lowest BCUT2D eigenvalue weighted by Gasteiger charge is -2.07. The van der Waals surface area contributed by atoms with E-state index in [0.29, 0.717) is 0 Å². The van der Waals surface area contributed by atoms with Crippen LogP contribution >= 0.6 is 0 Å². The van der Waals surface area contributed by atoms with Crippen molar-refractivity contribution >= 4 is 57.1 Å². The highest BCUT2D eigenvalue weighted by atomic mass is 14.8. The Kier molecular flexibility index (Phi) is 7.10. The van der Waals surface area contributed by atoms with E-state index < -0.39 is 0 Å². The molecule has 244 valence electrons. The molecule has 0 saturated carbocycles. The van der Waals surface area contributed by atoms with Gasteiger partial charge in [0.15, 0.2) is 0 Å². The quantitative estimate of drug-likeness (QED) is 0.197. The molecule has 0 spiro atoms. The van der Waals surface area contributed by atoms with Crippen LogP contribution in [0.25, 0.3) is 102 Å². The van der Waals surface area contributed by atoms with E-state index in [0.717, 1.165) is 100 Å². The molecule has 0 unspecified atom stereocenters. The number of rotatable bonds is 4. The Hall–Kier alpha value is -7.04. The van der Waals surface area contributed by atoms with Crippen LogP contribution in [0.4, 0.5) is 0 Å². The molecule has 4 heteroatoms. The third-order valence-electron chi connectivity index (χ3n) is 9.99. The van der Waals surface area contributed by atoms with Gasteiger partial charge < -0.3 is 9.97 Å². The summed E-state index contributed by atoms with van der Waals surface area (Å²) in [5, 5.41) is 2.26. The van der Waals surface area contributed by atoms with E-state index in [-0.39, 0.29) is 0 Å². The standard InChI is InChI=1S/C48H32N4/c1-5-15-31(16-6-1)43-37-25-26-38(49-37)44(32-17-7-2-8-18-32)40-28-30-42(51-40)46(34-21-11-4-12-22-34)48-36-24-14-13-23-35(36)47(52-48)45(33-19-9-3-10-20-33)41-29-27-39(43)50-41/h1-30,49,52H. The Morgan fingerprint density at radius 2 is 0.596 bits per heavy atom. The first-order valence-corrected chi connectivity index (χ1v) is 17.6. The van der Waals surface area contributed by atoms with E-state index in [4.69, 9.17) is 9.97 Å². The summed E-state index contributed by atoms with van der Waals surface area (Å²) >= 11 is 0. The van der Waals surface area contributed by atoms with Gasteiger partial charge in [0.25, 0.3) is 0 Å². The van der Waals surface area contributed by atoms with Gasteiger partial charge in [0.1, 0.15) is 0 Å². The molecule has 3 aromatic heterocycles. The van der Waals surface area contributed by atoms with Gasteiger partial charge in [-0.15, -0.1) is 0 Å². The molecule has 0 radical (unpaired) electrons. The number of benzene rings is 5. The first-order chi connectivity index (χ1) is 25.8. The smallest absolute Gasteiger partial charge is 0.0737 e. The third kappa shape index (κ3) is 5.00. The van der Waals surface area contributed by atoms with E-state index in [9.17, 15) is 0 Å². The van der Waals surface area contributed by atoms with Crippen LogP contribution in [-0.4, -0.2) is 19.9 Å². The number of nitrogens with zero attached hydrogens (tertiary/aromatic N) is 2. The van der Waals surface area contributed by atoms with Crippen molar-refractivity contribution in [1.29, 1.82) is 0 Å². The summed E-state index contributed by atoms with van der Waals surface area (Å²) in [6.45, 7) is 0. The Labute approximate surface area is 301 Å². The summed E-state index contributed by atoms with van der Waals surface area (Å²) in [7, 11) is 0. The number of nitrogens with one attached hydrogen (secondary N) is 2. The van der Waals surface area contributed by atoms with Crippen molar-refractivity contribution < 1.29 is 0 Å². The second-order valence-corrected chi connectivity index (χ2v) is 13.1. The summed E-state index contributed by atoms with van der Waals surface area (Å²) in [5.41, 5.74) is 16.2. The Morgan fingerprint density at radius 1 is 0.288 bits per heavy atom. The number of H-pyrrole nitrogens is 2. The number of hydrogen-bond acceptors (Lipinski definition) is 2. The predicted octanol–water partition coefficient (Wildman–Crippen LogP) is 12.5. The SMILES string of the molecule is C1=Cc2nc1c(-c1ccccc1)c1ccc([nH]1)c(-c1ccccc1)c1nc(c(-c3ccccc3)c3[nH]c(c2-c2ccccc2)c2ccccc32)C=C1. The van der Waals surface area contributed by atoms with Gasteiger partial charge in [0.05, 0.1) is 33.8 Å². The van der Waals surface area contributed by atoms with Crippen molar-refractivity contribution in [3.05, 3.63) is 181 Å². The average Bonchev–Trinajstić information content (AvgIpc) is 4.04. The first-order valence-electron chi connectivity index (χ1n) is 17.6. The average molecular weight is 665 g/mol. The molecular formula is C48H32N4. The molecule has 5 aromatic carbocycles. The van der Waals surface area contributed by atoms with Crippen molar-refractivity contribution in [2.75, 3.05) is 0 Å². The second kappa shape index (κ2) is 12.4. The largest absolute Gasteiger partial charge is 0.354 e. The summed E-state index contributed by atoms with van der Waals surface area (Å²) in [6.07, 6.45) is 8.62. The van der Waals surface area contributed by atoms with Crippen molar-refractivity contribution in [3.63, 3.8) is 0 Å². The zero-order valence-electron chi connectivity index (χ0n) is 28.2. The molecule has 0 fully saturated rings. The van der Waals surface area contributed by atoms with E-state index in [1.54, 1.807) is 0 Å².